The van der Waals surface area contributed by atoms with E-state index in [2.05, 4.69) is 52.0 Å². The molecule has 0 saturated heterocycles. The maximum Gasteiger partial charge on any atom is 0.311 e. The molecule has 0 aromatic heterocycles. The van der Waals surface area contributed by atoms with Crippen molar-refractivity contribution in [3.05, 3.63) is 11.6 Å². The van der Waals surface area contributed by atoms with E-state index in [1.807, 2.05) is 0 Å². The minimum absolute atomic E-state index is 0.0258. The van der Waals surface area contributed by atoms with E-state index in [0.717, 1.165) is 38.5 Å². The van der Waals surface area contributed by atoms with Crippen LogP contribution in [0.15, 0.2) is 11.6 Å². The summed E-state index contributed by atoms with van der Waals surface area (Å²) in [5.74, 6) is 0.893. The standard InChI is InChI=1S/C36H49N3O4/c1-23(2)25-21-36-15-10-27-33(3,11-6-12-34(27,4)32(41)42-5)28(36)20-24(25)29-26(43-19-9-18-39)22-35(13-7-16-37,14-8-17-38)31(40)30(29)36/h21,23-24,26-30H,6-15,19-20,22H2,1-5H3/t24-,26-,27+,28+,29-,30-,33-,34+,36-/m0/s1. The van der Waals surface area contributed by atoms with Crippen LogP contribution in [0.25, 0.3) is 0 Å². The first kappa shape index (κ1) is 31.7. The average molecular weight is 588 g/mol. The number of esters is 1. The number of ether oxygens (including phenoxy) is 2. The number of nitriles is 3. The highest BCUT2D eigenvalue weighted by Crippen LogP contribution is 2.75. The lowest BCUT2D eigenvalue weighted by Gasteiger charge is -2.72. The zero-order chi connectivity index (χ0) is 31.2. The van der Waals surface area contributed by atoms with E-state index in [1.165, 1.54) is 12.7 Å². The Morgan fingerprint density at radius 2 is 1.70 bits per heavy atom. The van der Waals surface area contributed by atoms with Crippen LogP contribution in [0.5, 0.6) is 0 Å². The molecule has 6 aliphatic rings. The maximum atomic E-state index is 15.2. The van der Waals surface area contributed by atoms with E-state index in [-0.39, 0.29) is 71.1 Å². The second-order valence-corrected chi connectivity index (χ2v) is 15.2. The predicted octanol–water partition coefficient (Wildman–Crippen LogP) is 7.08. The third-order valence-electron chi connectivity index (χ3n) is 13.2. The Morgan fingerprint density at radius 1 is 1.02 bits per heavy atom. The van der Waals surface area contributed by atoms with Crippen LogP contribution in [0.4, 0.5) is 0 Å². The highest BCUT2D eigenvalue weighted by atomic mass is 16.5. The third-order valence-corrected chi connectivity index (χ3v) is 13.2. The molecule has 0 N–H and O–H groups in total. The van der Waals surface area contributed by atoms with E-state index in [4.69, 9.17) is 9.47 Å². The second-order valence-electron chi connectivity index (χ2n) is 15.2. The zero-order valence-electron chi connectivity index (χ0n) is 26.8. The summed E-state index contributed by atoms with van der Waals surface area (Å²) in [6, 6.07) is 6.77. The molecule has 0 aromatic carbocycles. The number of allylic oxidation sites excluding steroid dienone is 2. The lowest BCUT2D eigenvalue weighted by atomic mass is 9.32. The molecule has 6 rings (SSSR count). The summed E-state index contributed by atoms with van der Waals surface area (Å²) in [7, 11) is 1.50. The molecule has 7 nitrogen and oxygen atoms in total. The van der Waals surface area contributed by atoms with Gasteiger partial charge in [-0.2, -0.15) is 15.8 Å². The normalized spacial score (nSPS) is 40.6. The second kappa shape index (κ2) is 11.7. The summed E-state index contributed by atoms with van der Waals surface area (Å²) in [5, 5.41) is 28.6. The molecule has 2 bridgehead atoms. The van der Waals surface area contributed by atoms with Gasteiger partial charge in [-0.1, -0.05) is 38.8 Å². The highest BCUT2D eigenvalue weighted by molar-refractivity contribution is 5.90. The van der Waals surface area contributed by atoms with Crippen LogP contribution in [-0.4, -0.2) is 31.6 Å². The number of hydrogen-bond donors (Lipinski definition) is 0. The van der Waals surface area contributed by atoms with E-state index in [1.54, 1.807) is 0 Å². The largest absolute Gasteiger partial charge is 0.469 e. The minimum Gasteiger partial charge on any atom is -0.469 e. The lowest BCUT2D eigenvalue weighted by Crippen LogP contribution is -2.70. The number of ketones is 1. The Morgan fingerprint density at radius 3 is 2.30 bits per heavy atom. The summed E-state index contributed by atoms with van der Waals surface area (Å²) in [4.78, 5) is 28.5. The fourth-order valence-corrected chi connectivity index (χ4v) is 11.6. The molecule has 43 heavy (non-hydrogen) atoms. The SMILES string of the molecule is COC(=O)[C@]1(C)CCC[C@]2(C)[C@H]3C[C@H]4C(C(C)C)=C[C@]3(CC[C@H]21)[C@@H]1C(=O)C(CCC#N)(CCC#N)C[C@H](OCCC#N)[C@@H]14. The van der Waals surface area contributed by atoms with Crippen LogP contribution in [0.2, 0.25) is 0 Å². The first-order valence-corrected chi connectivity index (χ1v) is 16.6. The molecule has 4 fully saturated rings. The number of fused-ring (bicyclic) bond motifs is 1. The fourth-order valence-electron chi connectivity index (χ4n) is 11.6. The van der Waals surface area contributed by atoms with Crippen molar-refractivity contribution in [2.45, 2.75) is 111 Å². The van der Waals surface area contributed by atoms with E-state index in [9.17, 15) is 20.6 Å². The van der Waals surface area contributed by atoms with Gasteiger partial charge in [0.15, 0.2) is 0 Å². The molecular formula is C36H49N3O4. The van der Waals surface area contributed by atoms with Gasteiger partial charge in [-0.25, -0.2) is 0 Å². The average Bonchev–Trinajstić information content (AvgIpc) is 2.99. The van der Waals surface area contributed by atoms with Crippen LogP contribution in [0.3, 0.4) is 0 Å². The van der Waals surface area contributed by atoms with Gasteiger partial charge >= 0.3 is 5.97 Å². The summed E-state index contributed by atoms with van der Waals surface area (Å²) in [5.41, 5.74) is -0.338. The molecule has 0 radical (unpaired) electrons. The Kier molecular flexibility index (Phi) is 8.61. The van der Waals surface area contributed by atoms with Gasteiger partial charge < -0.3 is 9.47 Å². The van der Waals surface area contributed by atoms with Crippen molar-refractivity contribution in [1.82, 2.24) is 0 Å². The van der Waals surface area contributed by atoms with E-state index >= 15 is 4.79 Å². The monoisotopic (exact) mass is 587 g/mol. The number of rotatable bonds is 9. The topological polar surface area (TPSA) is 124 Å². The van der Waals surface area contributed by atoms with Crippen LogP contribution in [0, 0.1) is 91.2 Å². The fraction of sp³-hybridized carbons (Fsp3) is 0.806. The van der Waals surface area contributed by atoms with Crippen LogP contribution in [0.1, 0.15) is 105 Å². The van der Waals surface area contributed by atoms with Crippen LogP contribution in [-0.2, 0) is 19.1 Å². The van der Waals surface area contributed by atoms with E-state index in [0.29, 0.717) is 38.2 Å². The number of hydrogen-bond acceptors (Lipinski definition) is 7. The van der Waals surface area contributed by atoms with Gasteiger partial charge in [0.25, 0.3) is 0 Å². The minimum atomic E-state index is -0.780. The van der Waals surface area contributed by atoms with Crippen LogP contribution < -0.4 is 0 Å². The molecule has 6 aliphatic carbocycles. The number of carbonyl (C=O) groups excluding carboxylic acids is 2. The van der Waals surface area contributed by atoms with Crippen molar-refractivity contribution in [3.8, 4) is 18.2 Å². The van der Waals surface area contributed by atoms with Gasteiger partial charge in [0.2, 0.25) is 0 Å². The van der Waals surface area contributed by atoms with Crippen molar-refractivity contribution in [1.29, 1.82) is 15.8 Å². The number of Topliss-reactive ketones (excluding diaryl/α,β-unsaturated/α-hetero) is 1. The molecule has 232 valence electrons. The van der Waals surface area contributed by atoms with Crippen molar-refractivity contribution in [2.24, 2.45) is 57.2 Å². The van der Waals surface area contributed by atoms with Crippen molar-refractivity contribution in [3.63, 3.8) is 0 Å². The molecule has 9 atom stereocenters. The van der Waals surface area contributed by atoms with Crippen molar-refractivity contribution >= 4 is 11.8 Å². The van der Waals surface area contributed by atoms with Gasteiger partial charge in [0, 0.05) is 35.5 Å². The Hall–Kier alpha value is -2.69. The summed E-state index contributed by atoms with van der Waals surface area (Å²) in [6.07, 6.45) is 10.1. The quantitative estimate of drug-likeness (QED) is 0.160. The third kappa shape index (κ3) is 4.66. The maximum absolute atomic E-state index is 15.2. The molecule has 0 unspecified atom stereocenters. The van der Waals surface area contributed by atoms with Gasteiger partial charge in [-0.15, -0.1) is 0 Å². The first-order chi connectivity index (χ1) is 20.5. The lowest BCUT2D eigenvalue weighted by molar-refractivity contribution is -0.221. The van der Waals surface area contributed by atoms with Gasteiger partial charge in [-0.05, 0) is 87.4 Å². The molecule has 0 heterocycles. The summed E-state index contributed by atoms with van der Waals surface area (Å²) in [6.45, 7) is 9.35. The molecule has 7 heteroatoms. The number of carbonyl (C=O) groups is 2. The molecule has 0 aromatic rings. The molecule has 4 saturated carbocycles. The van der Waals surface area contributed by atoms with Gasteiger partial charge in [0.1, 0.15) is 5.78 Å². The van der Waals surface area contributed by atoms with Gasteiger partial charge in [-0.3, -0.25) is 9.59 Å². The molecule has 1 spiro atoms. The summed E-state index contributed by atoms with van der Waals surface area (Å²) < 4.78 is 12.0. The number of nitrogens with zero attached hydrogens (tertiary/aromatic N) is 3. The van der Waals surface area contributed by atoms with Crippen molar-refractivity contribution < 1.29 is 19.1 Å². The zero-order valence-corrected chi connectivity index (χ0v) is 26.8. The molecule has 0 aliphatic heterocycles. The number of methoxy groups -OCH3 is 1. The smallest absolute Gasteiger partial charge is 0.311 e. The van der Waals surface area contributed by atoms with E-state index < -0.39 is 10.8 Å². The van der Waals surface area contributed by atoms with Gasteiger partial charge in [0.05, 0.1) is 49.9 Å². The first-order valence-electron chi connectivity index (χ1n) is 16.6. The Labute approximate surface area is 258 Å². The Balaban J connectivity index is 1.67. The Bertz CT molecular complexity index is 1270. The molecular weight excluding hydrogens is 538 g/mol. The van der Waals surface area contributed by atoms with Crippen molar-refractivity contribution in [2.75, 3.05) is 13.7 Å². The highest BCUT2D eigenvalue weighted by Gasteiger charge is 2.73. The summed E-state index contributed by atoms with van der Waals surface area (Å²) >= 11 is 0. The predicted molar refractivity (Wildman–Crippen MR) is 160 cm³/mol. The van der Waals surface area contributed by atoms with Crippen LogP contribution >= 0.6 is 0 Å². The molecule has 0 amide bonds.